The molecule has 21 heavy (non-hydrogen) atoms. The van der Waals surface area contributed by atoms with E-state index in [0.717, 1.165) is 18.5 Å². The van der Waals surface area contributed by atoms with Crippen LogP contribution in [0, 0.1) is 11.3 Å². The standard InChI is InChI=1S/C15H12Cl3N3/c16-10-5-6-13(12(17)7-10)21-15(18)11(8-19)14(20-21)9-3-1-2-4-9/h5-7,9H,1-4H2. The van der Waals surface area contributed by atoms with Crippen molar-refractivity contribution in [2.24, 2.45) is 0 Å². The molecule has 108 valence electrons. The van der Waals surface area contributed by atoms with Crippen molar-refractivity contribution in [1.29, 1.82) is 5.26 Å². The number of rotatable bonds is 2. The molecule has 0 aliphatic heterocycles. The van der Waals surface area contributed by atoms with Gasteiger partial charge in [-0.1, -0.05) is 47.6 Å². The van der Waals surface area contributed by atoms with Crippen LogP contribution >= 0.6 is 34.8 Å². The number of hydrogen-bond donors (Lipinski definition) is 0. The van der Waals surface area contributed by atoms with Crippen molar-refractivity contribution in [3.63, 3.8) is 0 Å². The van der Waals surface area contributed by atoms with Gasteiger partial charge in [-0.15, -0.1) is 0 Å². The summed E-state index contributed by atoms with van der Waals surface area (Å²) >= 11 is 18.5. The lowest BCUT2D eigenvalue weighted by atomic mass is 10.0. The molecule has 1 aliphatic carbocycles. The Labute approximate surface area is 138 Å². The highest BCUT2D eigenvalue weighted by Crippen LogP contribution is 2.38. The highest BCUT2D eigenvalue weighted by molar-refractivity contribution is 6.36. The van der Waals surface area contributed by atoms with Gasteiger partial charge in [-0.3, -0.25) is 0 Å². The second-order valence-corrected chi connectivity index (χ2v) is 6.35. The fourth-order valence-electron chi connectivity index (χ4n) is 2.81. The fraction of sp³-hybridized carbons (Fsp3) is 0.333. The SMILES string of the molecule is N#Cc1c(C2CCCC2)nn(-c2ccc(Cl)cc2Cl)c1Cl. The van der Waals surface area contributed by atoms with E-state index in [4.69, 9.17) is 34.8 Å². The molecule has 0 amide bonds. The summed E-state index contributed by atoms with van der Waals surface area (Å²) < 4.78 is 1.53. The van der Waals surface area contributed by atoms with E-state index < -0.39 is 0 Å². The molecule has 0 spiro atoms. The summed E-state index contributed by atoms with van der Waals surface area (Å²) in [5, 5.41) is 15.3. The van der Waals surface area contributed by atoms with Crippen LogP contribution in [-0.2, 0) is 0 Å². The van der Waals surface area contributed by atoms with Gasteiger partial charge in [-0.05, 0) is 31.0 Å². The zero-order chi connectivity index (χ0) is 15.0. The largest absolute Gasteiger partial charge is 0.219 e. The molecule has 3 nitrogen and oxygen atoms in total. The average Bonchev–Trinajstić information content (AvgIpc) is 3.07. The minimum atomic E-state index is 0.309. The van der Waals surface area contributed by atoms with Gasteiger partial charge < -0.3 is 0 Å². The molecule has 0 N–H and O–H groups in total. The van der Waals surface area contributed by atoms with Gasteiger partial charge >= 0.3 is 0 Å². The molecule has 2 aromatic rings. The van der Waals surface area contributed by atoms with Gasteiger partial charge in [0.1, 0.15) is 11.6 Å². The molecule has 0 atom stereocenters. The number of nitriles is 1. The predicted octanol–water partition coefficient (Wildman–Crippen LogP) is 5.36. The number of hydrogen-bond acceptors (Lipinski definition) is 2. The fourth-order valence-corrected chi connectivity index (χ4v) is 3.57. The van der Waals surface area contributed by atoms with Gasteiger partial charge in [0, 0.05) is 10.9 Å². The molecule has 3 rings (SSSR count). The molecule has 1 aliphatic rings. The number of benzene rings is 1. The molecule has 1 heterocycles. The van der Waals surface area contributed by atoms with Gasteiger partial charge in [0.25, 0.3) is 0 Å². The molecule has 0 unspecified atom stereocenters. The van der Waals surface area contributed by atoms with Crippen LogP contribution < -0.4 is 0 Å². The first kappa shape index (κ1) is 14.7. The third-order valence-corrected chi connectivity index (χ3v) is 4.73. The lowest BCUT2D eigenvalue weighted by molar-refractivity contribution is 0.677. The molecular formula is C15H12Cl3N3. The van der Waals surface area contributed by atoms with E-state index in [9.17, 15) is 5.26 Å². The third kappa shape index (κ3) is 2.64. The molecule has 0 saturated heterocycles. The minimum absolute atomic E-state index is 0.309. The van der Waals surface area contributed by atoms with Crippen LogP contribution in [0.4, 0.5) is 0 Å². The molecule has 0 bridgehead atoms. The Balaban J connectivity index is 2.13. The first-order valence-electron chi connectivity index (χ1n) is 6.75. The Morgan fingerprint density at radius 2 is 1.90 bits per heavy atom. The maximum absolute atomic E-state index is 9.39. The third-order valence-electron chi connectivity index (χ3n) is 3.85. The second-order valence-electron chi connectivity index (χ2n) is 5.15. The topological polar surface area (TPSA) is 41.6 Å². The van der Waals surface area contributed by atoms with Crippen LogP contribution in [0.1, 0.15) is 42.9 Å². The summed E-state index contributed by atoms with van der Waals surface area (Å²) in [5.41, 5.74) is 1.87. The minimum Gasteiger partial charge on any atom is -0.219 e. The van der Waals surface area contributed by atoms with Gasteiger partial charge in [-0.25, -0.2) is 4.68 Å². The first-order chi connectivity index (χ1) is 10.1. The Bertz CT molecular complexity index is 724. The molecule has 6 heteroatoms. The van der Waals surface area contributed by atoms with E-state index >= 15 is 0 Å². The number of halogens is 3. The average molecular weight is 341 g/mol. The van der Waals surface area contributed by atoms with Crippen LogP contribution in [0.25, 0.3) is 5.69 Å². The Morgan fingerprint density at radius 1 is 1.19 bits per heavy atom. The Morgan fingerprint density at radius 3 is 2.52 bits per heavy atom. The van der Waals surface area contributed by atoms with Crippen molar-refractivity contribution in [3.05, 3.63) is 44.7 Å². The van der Waals surface area contributed by atoms with Crippen LogP contribution in [0.3, 0.4) is 0 Å². The monoisotopic (exact) mass is 339 g/mol. The second kappa shape index (κ2) is 5.88. The van der Waals surface area contributed by atoms with Crippen LogP contribution in [0.2, 0.25) is 15.2 Å². The highest BCUT2D eigenvalue weighted by atomic mass is 35.5. The summed E-state index contributed by atoms with van der Waals surface area (Å²) in [7, 11) is 0. The summed E-state index contributed by atoms with van der Waals surface area (Å²) in [6.45, 7) is 0. The van der Waals surface area contributed by atoms with Crippen LogP contribution in [-0.4, -0.2) is 9.78 Å². The van der Waals surface area contributed by atoms with E-state index in [2.05, 4.69) is 11.2 Å². The normalized spacial score (nSPS) is 15.3. The maximum atomic E-state index is 9.39. The summed E-state index contributed by atoms with van der Waals surface area (Å²) in [6.07, 6.45) is 4.44. The Hall–Kier alpha value is -1.21. The van der Waals surface area contributed by atoms with E-state index in [1.165, 1.54) is 17.5 Å². The van der Waals surface area contributed by atoms with E-state index in [1.54, 1.807) is 18.2 Å². The zero-order valence-electron chi connectivity index (χ0n) is 11.1. The quantitative estimate of drug-likeness (QED) is 0.738. The van der Waals surface area contributed by atoms with E-state index in [-0.39, 0.29) is 0 Å². The van der Waals surface area contributed by atoms with Crippen LogP contribution in [0.5, 0.6) is 0 Å². The van der Waals surface area contributed by atoms with Crippen molar-refractivity contribution in [1.82, 2.24) is 9.78 Å². The number of nitrogens with zero attached hydrogens (tertiary/aromatic N) is 3. The Kier molecular flexibility index (Phi) is 4.12. The van der Waals surface area contributed by atoms with Crippen molar-refractivity contribution in [2.75, 3.05) is 0 Å². The van der Waals surface area contributed by atoms with Gasteiger partial charge in [-0.2, -0.15) is 10.4 Å². The molecule has 0 radical (unpaired) electrons. The smallest absolute Gasteiger partial charge is 0.151 e. The molecule has 1 fully saturated rings. The predicted molar refractivity (Wildman–Crippen MR) is 84.5 cm³/mol. The molecule has 1 aromatic heterocycles. The molecular weight excluding hydrogens is 329 g/mol. The molecule has 1 saturated carbocycles. The summed E-state index contributed by atoms with van der Waals surface area (Å²) in [4.78, 5) is 0. The van der Waals surface area contributed by atoms with Gasteiger partial charge in [0.2, 0.25) is 0 Å². The van der Waals surface area contributed by atoms with Crippen LogP contribution in [0.15, 0.2) is 18.2 Å². The van der Waals surface area contributed by atoms with Crippen molar-refractivity contribution in [3.8, 4) is 11.8 Å². The highest BCUT2D eigenvalue weighted by Gasteiger charge is 2.27. The first-order valence-corrected chi connectivity index (χ1v) is 7.89. The maximum Gasteiger partial charge on any atom is 0.151 e. The van der Waals surface area contributed by atoms with Gasteiger partial charge in [0.05, 0.1) is 16.4 Å². The van der Waals surface area contributed by atoms with Crippen molar-refractivity contribution >= 4 is 34.8 Å². The molecule has 1 aromatic carbocycles. The van der Waals surface area contributed by atoms with E-state index in [0.29, 0.717) is 32.4 Å². The zero-order valence-corrected chi connectivity index (χ0v) is 13.4. The van der Waals surface area contributed by atoms with Crippen molar-refractivity contribution in [2.45, 2.75) is 31.6 Å². The lowest BCUT2D eigenvalue weighted by Gasteiger charge is -2.07. The van der Waals surface area contributed by atoms with Gasteiger partial charge in [0.15, 0.2) is 5.15 Å². The van der Waals surface area contributed by atoms with Crippen molar-refractivity contribution < 1.29 is 0 Å². The summed E-state index contributed by atoms with van der Waals surface area (Å²) in [6, 6.07) is 7.29. The number of aromatic nitrogens is 2. The van der Waals surface area contributed by atoms with E-state index in [1.807, 2.05) is 0 Å². The summed E-state index contributed by atoms with van der Waals surface area (Å²) in [5.74, 6) is 0.310. The lowest BCUT2D eigenvalue weighted by Crippen LogP contribution is -2.00.